The van der Waals surface area contributed by atoms with Gasteiger partial charge in [-0.1, -0.05) is 32.0 Å². The van der Waals surface area contributed by atoms with Crippen molar-refractivity contribution < 1.29 is 5.11 Å². The van der Waals surface area contributed by atoms with Crippen LogP contribution in [-0.4, -0.2) is 11.1 Å². The molecule has 0 aliphatic carbocycles. The predicted molar refractivity (Wildman–Crippen MR) is 69.6 cm³/mol. The van der Waals surface area contributed by atoms with Crippen molar-refractivity contribution in [2.24, 2.45) is 11.7 Å². The molecule has 0 aliphatic rings. The minimum atomic E-state index is -0.573. The average molecular weight is 235 g/mol. The van der Waals surface area contributed by atoms with Crippen LogP contribution in [0.3, 0.4) is 0 Å². The molecule has 0 amide bonds. The van der Waals surface area contributed by atoms with Gasteiger partial charge in [0, 0.05) is 16.3 Å². The molecule has 3 N–H and O–H groups in total. The van der Waals surface area contributed by atoms with Gasteiger partial charge in [0.05, 0.1) is 6.10 Å². The second-order valence-corrected chi connectivity index (χ2v) is 5.36. The molecule has 2 aromatic rings. The Labute approximate surface area is 99.7 Å². The van der Waals surface area contributed by atoms with Gasteiger partial charge in [-0.25, -0.2) is 0 Å². The molecule has 0 aliphatic heterocycles. The Kier molecular flexibility index (Phi) is 3.28. The zero-order valence-electron chi connectivity index (χ0n) is 9.55. The Bertz CT molecular complexity index is 477. The van der Waals surface area contributed by atoms with E-state index >= 15 is 0 Å². The highest BCUT2D eigenvalue weighted by Crippen LogP contribution is 2.32. The highest BCUT2D eigenvalue weighted by molar-refractivity contribution is 7.17. The summed E-state index contributed by atoms with van der Waals surface area (Å²) >= 11 is 1.66. The van der Waals surface area contributed by atoms with Crippen molar-refractivity contribution >= 4 is 21.4 Å². The third kappa shape index (κ3) is 1.98. The van der Waals surface area contributed by atoms with Crippen molar-refractivity contribution in [2.45, 2.75) is 26.0 Å². The van der Waals surface area contributed by atoms with Gasteiger partial charge in [0.2, 0.25) is 0 Å². The van der Waals surface area contributed by atoms with Crippen molar-refractivity contribution in [1.29, 1.82) is 0 Å². The maximum absolute atomic E-state index is 10.2. The maximum Gasteiger partial charge on any atom is 0.0957 e. The van der Waals surface area contributed by atoms with Gasteiger partial charge in [-0.05, 0) is 22.8 Å². The quantitative estimate of drug-likeness (QED) is 0.859. The molecule has 1 heterocycles. The maximum atomic E-state index is 10.2. The summed E-state index contributed by atoms with van der Waals surface area (Å²) in [6.07, 6.45) is -0.573. The van der Waals surface area contributed by atoms with Crippen LogP contribution >= 0.6 is 11.3 Å². The molecule has 1 aromatic heterocycles. The lowest BCUT2D eigenvalue weighted by molar-refractivity contribution is 0.127. The molecule has 2 atom stereocenters. The fourth-order valence-corrected chi connectivity index (χ4v) is 2.79. The predicted octanol–water partition coefficient (Wildman–Crippen LogP) is 2.92. The largest absolute Gasteiger partial charge is 0.387 e. The lowest BCUT2D eigenvalue weighted by atomic mass is 9.94. The summed E-state index contributed by atoms with van der Waals surface area (Å²) in [5.41, 5.74) is 6.96. The van der Waals surface area contributed by atoms with Crippen molar-refractivity contribution in [2.75, 3.05) is 0 Å². The first-order chi connectivity index (χ1) is 7.61. The third-order valence-corrected chi connectivity index (χ3v) is 3.95. The zero-order valence-corrected chi connectivity index (χ0v) is 10.4. The third-order valence-electron chi connectivity index (χ3n) is 2.96. The second kappa shape index (κ2) is 4.53. The molecule has 3 heteroatoms. The molecule has 0 saturated carbocycles. The van der Waals surface area contributed by atoms with E-state index in [9.17, 15) is 5.11 Å². The fraction of sp³-hybridized carbons (Fsp3) is 0.385. The van der Waals surface area contributed by atoms with Gasteiger partial charge in [-0.2, -0.15) is 0 Å². The fourth-order valence-electron chi connectivity index (χ4n) is 1.80. The Hall–Kier alpha value is -0.900. The molecule has 2 rings (SSSR count). The Morgan fingerprint density at radius 1 is 1.25 bits per heavy atom. The molecule has 0 saturated heterocycles. The first-order valence-electron chi connectivity index (χ1n) is 5.51. The van der Waals surface area contributed by atoms with Crippen LogP contribution in [-0.2, 0) is 0 Å². The minimum absolute atomic E-state index is 0.210. The lowest BCUT2D eigenvalue weighted by Crippen LogP contribution is -2.33. The number of benzene rings is 1. The van der Waals surface area contributed by atoms with Gasteiger partial charge in [0.25, 0.3) is 0 Å². The van der Waals surface area contributed by atoms with E-state index in [4.69, 9.17) is 5.73 Å². The molecule has 0 fully saturated rings. The highest BCUT2D eigenvalue weighted by Gasteiger charge is 2.22. The van der Waals surface area contributed by atoms with E-state index in [1.807, 2.05) is 37.4 Å². The topological polar surface area (TPSA) is 46.2 Å². The molecular weight excluding hydrogens is 218 g/mol. The van der Waals surface area contributed by atoms with Crippen LogP contribution in [0.5, 0.6) is 0 Å². The Morgan fingerprint density at radius 2 is 1.94 bits per heavy atom. The number of nitrogens with two attached hydrogens (primary N) is 1. The van der Waals surface area contributed by atoms with Gasteiger partial charge in [0.1, 0.15) is 0 Å². The standard InChI is InChI=1S/C13H17NOS/c1-8(2)12(14)13(15)10-7-16-11-6-4-3-5-9(10)11/h3-8,12-13,15H,14H2,1-2H3. The number of aliphatic hydroxyl groups is 1. The lowest BCUT2D eigenvalue weighted by Gasteiger charge is -2.21. The van der Waals surface area contributed by atoms with Crippen LogP contribution in [0.2, 0.25) is 0 Å². The van der Waals surface area contributed by atoms with Crippen molar-refractivity contribution in [1.82, 2.24) is 0 Å². The first-order valence-corrected chi connectivity index (χ1v) is 6.39. The molecule has 0 radical (unpaired) electrons. The number of rotatable bonds is 3. The van der Waals surface area contributed by atoms with Crippen molar-refractivity contribution in [3.05, 3.63) is 35.2 Å². The summed E-state index contributed by atoms with van der Waals surface area (Å²) in [6, 6.07) is 7.90. The summed E-state index contributed by atoms with van der Waals surface area (Å²) in [4.78, 5) is 0. The minimum Gasteiger partial charge on any atom is -0.387 e. The second-order valence-electron chi connectivity index (χ2n) is 4.45. The Morgan fingerprint density at radius 3 is 2.62 bits per heavy atom. The molecular formula is C13H17NOS. The average Bonchev–Trinajstić information content (AvgIpc) is 2.70. The summed E-state index contributed by atoms with van der Waals surface area (Å²) in [7, 11) is 0. The van der Waals surface area contributed by atoms with E-state index in [-0.39, 0.29) is 12.0 Å². The highest BCUT2D eigenvalue weighted by atomic mass is 32.1. The van der Waals surface area contributed by atoms with Crippen LogP contribution in [0.15, 0.2) is 29.6 Å². The van der Waals surface area contributed by atoms with Gasteiger partial charge in [0.15, 0.2) is 0 Å². The van der Waals surface area contributed by atoms with Crippen molar-refractivity contribution in [3.8, 4) is 0 Å². The van der Waals surface area contributed by atoms with Crippen molar-refractivity contribution in [3.63, 3.8) is 0 Å². The summed E-state index contributed by atoms with van der Waals surface area (Å²) in [5, 5.41) is 13.4. The molecule has 0 spiro atoms. The molecule has 0 bridgehead atoms. The van der Waals surface area contributed by atoms with Crippen LogP contribution < -0.4 is 5.73 Å². The molecule has 2 unspecified atom stereocenters. The van der Waals surface area contributed by atoms with E-state index in [1.54, 1.807) is 11.3 Å². The van der Waals surface area contributed by atoms with Gasteiger partial charge in [-0.15, -0.1) is 11.3 Å². The summed E-state index contributed by atoms with van der Waals surface area (Å²) < 4.78 is 1.20. The van der Waals surface area contributed by atoms with E-state index in [0.29, 0.717) is 0 Å². The number of fused-ring (bicyclic) bond motifs is 1. The van der Waals surface area contributed by atoms with E-state index in [1.165, 1.54) is 4.70 Å². The van der Waals surface area contributed by atoms with E-state index < -0.39 is 6.10 Å². The first kappa shape index (κ1) is 11.6. The Balaban J connectivity index is 2.40. The normalized spacial score (nSPS) is 15.6. The van der Waals surface area contributed by atoms with Crippen LogP contribution in [0.4, 0.5) is 0 Å². The van der Waals surface area contributed by atoms with E-state index in [0.717, 1.165) is 10.9 Å². The van der Waals surface area contributed by atoms with Crippen LogP contribution in [0, 0.1) is 5.92 Å². The zero-order chi connectivity index (χ0) is 11.7. The monoisotopic (exact) mass is 235 g/mol. The molecule has 16 heavy (non-hydrogen) atoms. The summed E-state index contributed by atoms with van der Waals surface area (Å²) in [5.74, 6) is 0.272. The van der Waals surface area contributed by atoms with Crippen LogP contribution in [0.1, 0.15) is 25.5 Å². The SMILES string of the molecule is CC(C)C(N)C(O)c1csc2ccccc12. The molecule has 2 nitrogen and oxygen atoms in total. The van der Waals surface area contributed by atoms with Gasteiger partial charge >= 0.3 is 0 Å². The van der Waals surface area contributed by atoms with Crippen LogP contribution in [0.25, 0.3) is 10.1 Å². The number of hydrogen-bond acceptors (Lipinski definition) is 3. The smallest absolute Gasteiger partial charge is 0.0957 e. The van der Waals surface area contributed by atoms with Gasteiger partial charge in [-0.3, -0.25) is 0 Å². The van der Waals surface area contributed by atoms with Gasteiger partial charge < -0.3 is 10.8 Å². The molecule has 1 aromatic carbocycles. The number of hydrogen-bond donors (Lipinski definition) is 2. The van der Waals surface area contributed by atoms with E-state index in [2.05, 4.69) is 6.07 Å². The number of aliphatic hydroxyl groups excluding tert-OH is 1. The number of thiophene rings is 1. The summed E-state index contributed by atoms with van der Waals surface area (Å²) in [6.45, 7) is 4.06. The molecule has 86 valence electrons.